The highest BCUT2D eigenvalue weighted by Crippen LogP contribution is 2.32. The number of hydrogen-bond acceptors (Lipinski definition) is 6. The molecule has 0 fully saturated rings. The fraction of sp³-hybridized carbons (Fsp3) is 0.0870. The largest absolute Gasteiger partial charge is 0.497 e. The van der Waals surface area contributed by atoms with E-state index < -0.39 is 31.9 Å². The summed E-state index contributed by atoms with van der Waals surface area (Å²) in [5.41, 5.74) is -0.955. The van der Waals surface area contributed by atoms with Crippen molar-refractivity contribution in [3.8, 4) is 17.0 Å². The highest BCUT2D eigenvalue weighted by molar-refractivity contribution is 7.92. The Morgan fingerprint density at radius 2 is 1.35 bits per heavy atom. The molecule has 0 aliphatic rings. The monoisotopic (exact) mass is 554 g/mol. The Bertz CT molecular complexity index is 1540. The zero-order valence-electron chi connectivity index (χ0n) is 19.1. The van der Waals surface area contributed by atoms with E-state index in [2.05, 4.69) is 9.93 Å². The van der Waals surface area contributed by atoms with Gasteiger partial charge >= 0.3 is 6.18 Å². The van der Waals surface area contributed by atoms with Crippen molar-refractivity contribution < 1.29 is 34.7 Å². The molecule has 1 aromatic heterocycles. The predicted octanol–water partition coefficient (Wildman–Crippen LogP) is 3.84. The number of nitrogens with one attached hydrogen (secondary N) is 1. The third kappa shape index (κ3) is 7.31. The number of benzene rings is 3. The molecule has 0 saturated carbocycles. The van der Waals surface area contributed by atoms with Crippen LogP contribution in [0, 0.1) is 0 Å². The topological polar surface area (TPSA) is 133 Å². The molecule has 3 aromatic carbocycles. The molecule has 0 spiro atoms. The number of hydrogen-bond donors (Lipinski definition) is 2. The first kappa shape index (κ1) is 27.7. The number of methoxy groups -OCH3 is 1. The maximum absolute atomic E-state index is 13.1. The molecule has 196 valence electrons. The van der Waals surface area contributed by atoms with E-state index in [1.54, 1.807) is 36.4 Å². The molecule has 0 amide bonds. The van der Waals surface area contributed by atoms with Gasteiger partial charge in [-0.3, -0.25) is 0 Å². The quantitative estimate of drug-likeness (QED) is 0.372. The summed E-state index contributed by atoms with van der Waals surface area (Å²) in [4.78, 5) is 2.72. The molecule has 4 aromatic rings. The van der Waals surface area contributed by atoms with Crippen LogP contribution in [0.3, 0.4) is 0 Å². The number of ether oxygens (including phenoxy) is 1. The summed E-state index contributed by atoms with van der Waals surface area (Å²) in [6.45, 7) is 0. The highest BCUT2D eigenvalue weighted by Gasteiger charge is 2.35. The second-order valence-corrected chi connectivity index (χ2v) is 10.5. The zero-order chi connectivity index (χ0) is 27.3. The molecule has 0 bridgehead atoms. The smallest absolute Gasteiger partial charge is 0.435 e. The van der Waals surface area contributed by atoms with Gasteiger partial charge in [-0.05, 0) is 54.6 Å². The summed E-state index contributed by atoms with van der Waals surface area (Å²) in [6, 6.07) is 22.0. The Balaban J connectivity index is 0.000000319. The van der Waals surface area contributed by atoms with Crippen molar-refractivity contribution in [2.45, 2.75) is 16.0 Å². The Labute approximate surface area is 211 Å². The lowest BCUT2D eigenvalue weighted by Crippen LogP contribution is -2.25. The van der Waals surface area contributed by atoms with Crippen LogP contribution < -0.4 is 14.7 Å². The van der Waals surface area contributed by atoms with Gasteiger partial charge in [0.1, 0.15) is 5.75 Å². The van der Waals surface area contributed by atoms with Crippen LogP contribution in [0.4, 0.5) is 13.2 Å². The minimum atomic E-state index is -4.73. The van der Waals surface area contributed by atoms with Crippen LogP contribution in [0.1, 0.15) is 5.69 Å². The molecule has 0 unspecified atom stereocenters. The Morgan fingerprint density at radius 3 is 1.78 bits per heavy atom. The average molecular weight is 555 g/mol. The molecule has 3 N–H and O–H groups in total. The predicted molar refractivity (Wildman–Crippen MR) is 130 cm³/mol. The second-order valence-electron chi connectivity index (χ2n) is 7.32. The van der Waals surface area contributed by atoms with Gasteiger partial charge in [0.25, 0.3) is 10.0 Å². The van der Waals surface area contributed by atoms with Crippen LogP contribution in [-0.4, -0.2) is 33.8 Å². The summed E-state index contributed by atoms with van der Waals surface area (Å²) in [7, 11) is -6.18. The van der Waals surface area contributed by atoms with Crippen molar-refractivity contribution in [3.63, 3.8) is 0 Å². The van der Waals surface area contributed by atoms with Gasteiger partial charge in [-0.1, -0.05) is 36.4 Å². The van der Waals surface area contributed by atoms with E-state index in [0.717, 1.165) is 6.07 Å². The molecule has 14 heteroatoms. The Morgan fingerprint density at radius 1 is 0.838 bits per heavy atom. The van der Waals surface area contributed by atoms with E-state index >= 15 is 0 Å². The fourth-order valence-corrected chi connectivity index (χ4v) is 4.46. The molecule has 0 aliphatic heterocycles. The van der Waals surface area contributed by atoms with Crippen LogP contribution in [0.15, 0.2) is 101 Å². The Kier molecular flexibility index (Phi) is 8.25. The zero-order valence-corrected chi connectivity index (χ0v) is 20.8. The first-order valence-corrected chi connectivity index (χ1v) is 13.3. The van der Waals surface area contributed by atoms with Gasteiger partial charge in [-0.25, -0.2) is 13.6 Å². The molecule has 0 aliphatic carbocycles. The fourth-order valence-electron chi connectivity index (χ4n) is 2.93. The van der Waals surface area contributed by atoms with E-state index in [9.17, 15) is 30.0 Å². The molecular weight excluding hydrogens is 533 g/mol. The van der Waals surface area contributed by atoms with Crippen molar-refractivity contribution in [1.82, 2.24) is 9.89 Å². The van der Waals surface area contributed by atoms with Gasteiger partial charge in [0.2, 0.25) is 10.0 Å². The van der Waals surface area contributed by atoms with Crippen molar-refractivity contribution in [2.75, 3.05) is 11.9 Å². The first-order valence-electron chi connectivity index (χ1n) is 10.3. The summed E-state index contributed by atoms with van der Waals surface area (Å²) < 4.78 is 90.5. The molecule has 0 saturated heterocycles. The number of nitrogens with two attached hydrogens (primary N) is 1. The molecule has 9 nitrogen and oxygen atoms in total. The van der Waals surface area contributed by atoms with Crippen LogP contribution in [-0.2, 0) is 26.2 Å². The summed E-state index contributed by atoms with van der Waals surface area (Å²) >= 11 is 0. The minimum absolute atomic E-state index is 0.0653. The standard InChI is InChI=1S/C17H14F3N3O3S.C6H7NO2S/c1-26-13-9-7-12(8-10-13)15-11-16(17(18,19)20)21-23(15)22-27(24,25)14-5-3-2-4-6-14;7-10(8,9)6-4-2-1-3-5-6/h2-11,22H,1H3;1-5H,(H2,7,8,9). The summed E-state index contributed by atoms with van der Waals surface area (Å²) in [5.74, 6) is 0.505. The molecule has 0 radical (unpaired) electrons. The van der Waals surface area contributed by atoms with Gasteiger partial charge in [0, 0.05) is 5.56 Å². The average Bonchev–Trinajstić information content (AvgIpc) is 3.29. The number of rotatable bonds is 6. The molecule has 37 heavy (non-hydrogen) atoms. The number of nitrogens with zero attached hydrogens (tertiary/aromatic N) is 2. The molecule has 0 atom stereocenters. The maximum atomic E-state index is 13.1. The van der Waals surface area contributed by atoms with Gasteiger partial charge in [0.05, 0.1) is 22.6 Å². The van der Waals surface area contributed by atoms with Gasteiger partial charge in [-0.2, -0.15) is 31.2 Å². The number of halogens is 3. The maximum Gasteiger partial charge on any atom is 0.435 e. The SMILES string of the molecule is COc1ccc(-c2cc(C(F)(F)F)nn2NS(=O)(=O)c2ccccc2)cc1.NS(=O)(=O)c1ccccc1. The lowest BCUT2D eigenvalue weighted by Gasteiger charge is -2.11. The molecule has 4 rings (SSSR count). The van der Waals surface area contributed by atoms with Crippen molar-refractivity contribution in [3.05, 3.63) is 96.7 Å². The van der Waals surface area contributed by atoms with Crippen LogP contribution in [0.25, 0.3) is 11.3 Å². The number of aromatic nitrogens is 2. The van der Waals surface area contributed by atoms with Crippen molar-refractivity contribution in [1.29, 1.82) is 0 Å². The van der Waals surface area contributed by atoms with Gasteiger partial charge in [0.15, 0.2) is 5.69 Å². The van der Waals surface area contributed by atoms with Gasteiger partial charge < -0.3 is 4.74 Å². The normalized spacial score (nSPS) is 11.8. The first-order chi connectivity index (χ1) is 17.3. The Hall–Kier alpha value is -3.88. The third-order valence-electron chi connectivity index (χ3n) is 4.72. The third-order valence-corrected chi connectivity index (χ3v) is 6.95. The molecule has 1 heterocycles. The molecular formula is C23H21F3N4O5S2. The van der Waals surface area contributed by atoms with E-state index in [1.165, 1.54) is 55.6 Å². The highest BCUT2D eigenvalue weighted by atomic mass is 32.2. The van der Waals surface area contributed by atoms with Crippen LogP contribution in [0.2, 0.25) is 0 Å². The van der Waals surface area contributed by atoms with Gasteiger partial charge in [-0.15, -0.1) is 5.10 Å². The van der Waals surface area contributed by atoms with Crippen molar-refractivity contribution in [2.24, 2.45) is 5.14 Å². The summed E-state index contributed by atoms with van der Waals surface area (Å²) in [5, 5.41) is 8.21. The van der Waals surface area contributed by atoms with E-state index in [-0.39, 0.29) is 15.5 Å². The second kappa shape index (κ2) is 11.0. The van der Waals surface area contributed by atoms with Crippen LogP contribution in [0.5, 0.6) is 5.75 Å². The van der Waals surface area contributed by atoms with Crippen molar-refractivity contribution >= 4 is 20.0 Å². The van der Waals surface area contributed by atoms with Crippen LogP contribution >= 0.6 is 0 Å². The minimum Gasteiger partial charge on any atom is -0.497 e. The lowest BCUT2D eigenvalue weighted by atomic mass is 10.1. The van der Waals surface area contributed by atoms with E-state index in [1.807, 2.05) is 0 Å². The number of primary sulfonamides is 1. The number of alkyl halides is 3. The summed E-state index contributed by atoms with van der Waals surface area (Å²) in [6.07, 6.45) is -4.73. The van der Waals surface area contributed by atoms with E-state index in [4.69, 9.17) is 9.88 Å². The number of sulfonamides is 2. The van der Waals surface area contributed by atoms with E-state index in [0.29, 0.717) is 16.1 Å². The lowest BCUT2D eigenvalue weighted by molar-refractivity contribution is -0.141.